The highest BCUT2D eigenvalue weighted by molar-refractivity contribution is 6.03. The number of carbonyl (C=O) groups is 2. The van der Waals surface area contributed by atoms with E-state index < -0.39 is 17.9 Å². The molecule has 3 aliphatic rings. The maximum atomic E-state index is 16.7. The first-order valence-electron chi connectivity index (χ1n) is 17.2. The van der Waals surface area contributed by atoms with Gasteiger partial charge in [0.2, 0.25) is 5.91 Å². The van der Waals surface area contributed by atoms with Crippen LogP contribution in [0.1, 0.15) is 47.8 Å². The second-order valence-corrected chi connectivity index (χ2v) is 13.1. The van der Waals surface area contributed by atoms with Crippen molar-refractivity contribution >= 4 is 39.7 Å². The number of hydrogen-bond donors (Lipinski definition) is 2. The van der Waals surface area contributed by atoms with Crippen molar-refractivity contribution in [3.05, 3.63) is 77.4 Å². The number of aromatic amines is 1. The van der Waals surface area contributed by atoms with E-state index in [4.69, 9.17) is 4.74 Å². The Balaban J connectivity index is 1.16. The summed E-state index contributed by atoms with van der Waals surface area (Å²) in [5.74, 6) is -0.434. The number of ether oxygens (including phenoxy) is 1. The number of aryl methyl sites for hydroxylation is 1. The average Bonchev–Trinajstić information content (AvgIpc) is 3.85. The maximum absolute atomic E-state index is 16.7. The number of H-pyrrole nitrogens is 1. The summed E-state index contributed by atoms with van der Waals surface area (Å²) in [6.07, 6.45) is 9.33. The molecule has 1 saturated heterocycles. The Hall–Kier alpha value is -5.15. The Morgan fingerprint density at radius 2 is 1.84 bits per heavy atom. The number of fused-ring (bicyclic) bond motifs is 1. The van der Waals surface area contributed by atoms with E-state index in [0.29, 0.717) is 93.3 Å². The number of aliphatic hydroxyl groups is 1. The molecule has 15 heteroatoms. The van der Waals surface area contributed by atoms with E-state index in [2.05, 4.69) is 20.3 Å². The number of aliphatic hydroxyl groups excluding tert-OH is 1. The number of methoxy groups -OCH3 is 1. The standard InChI is InChI=1S/C36H41F2N9O4/c1-23(48)43-10-5-24(6-11-43)27-19-28(25-4-3-9-46(22-25)32(49)7-12-47-13-8-40-42-47)33(38)34-29(27)20-30(41-34)36(50)45-16-14-44(15-17-45)35-31(51-2)18-26(37)21-39-35/h4-5,8,13,18-21,23,41,48H,3,6-7,9-12,14-17,22H2,1-2H3. The molecule has 6 heterocycles. The van der Waals surface area contributed by atoms with E-state index in [-0.39, 0.29) is 36.0 Å². The zero-order valence-electron chi connectivity index (χ0n) is 28.7. The molecule has 3 aliphatic heterocycles. The van der Waals surface area contributed by atoms with E-state index in [1.807, 2.05) is 28.0 Å². The van der Waals surface area contributed by atoms with Gasteiger partial charge in [-0.25, -0.2) is 13.8 Å². The van der Waals surface area contributed by atoms with Crippen LogP contribution in [-0.4, -0.2) is 122 Å². The van der Waals surface area contributed by atoms with Crippen LogP contribution in [0.5, 0.6) is 5.75 Å². The monoisotopic (exact) mass is 701 g/mol. The fourth-order valence-electron chi connectivity index (χ4n) is 7.11. The smallest absolute Gasteiger partial charge is 0.270 e. The minimum Gasteiger partial charge on any atom is -0.493 e. The van der Waals surface area contributed by atoms with Crippen LogP contribution in [0.4, 0.5) is 14.6 Å². The molecule has 2 amide bonds. The van der Waals surface area contributed by atoms with Gasteiger partial charge in [-0.15, -0.1) is 5.10 Å². The molecule has 1 aromatic carbocycles. The number of carbonyl (C=O) groups excluding carboxylic acids is 2. The molecule has 13 nitrogen and oxygen atoms in total. The SMILES string of the molecule is COc1cc(F)cnc1N1CCN(C(=O)c2cc3c(C4=CCN(C(C)O)CC4)cc(C4=CCCN(C(=O)CCn5ccnn5)C4)c(F)c3[nH]2)CC1. The number of amides is 2. The number of hydrogen-bond acceptors (Lipinski definition) is 9. The topological polar surface area (TPSA) is 136 Å². The summed E-state index contributed by atoms with van der Waals surface area (Å²) in [7, 11) is 1.46. The normalized spacial score (nSPS) is 17.8. The molecule has 7 rings (SSSR count). The van der Waals surface area contributed by atoms with Crippen LogP contribution in [0.25, 0.3) is 22.0 Å². The maximum Gasteiger partial charge on any atom is 0.270 e. The number of benzene rings is 1. The first kappa shape index (κ1) is 34.3. The van der Waals surface area contributed by atoms with E-state index in [1.165, 1.54) is 13.2 Å². The molecule has 1 fully saturated rings. The Kier molecular flexibility index (Phi) is 9.82. The number of nitrogens with one attached hydrogen (secondary N) is 1. The number of nitrogens with zero attached hydrogens (tertiary/aromatic N) is 8. The van der Waals surface area contributed by atoms with Crippen LogP contribution in [0.3, 0.4) is 0 Å². The third-order valence-corrected chi connectivity index (χ3v) is 9.96. The van der Waals surface area contributed by atoms with Crippen molar-refractivity contribution in [1.29, 1.82) is 0 Å². The Labute approximate surface area is 293 Å². The predicted octanol–water partition coefficient (Wildman–Crippen LogP) is 3.54. The van der Waals surface area contributed by atoms with Gasteiger partial charge in [0, 0.05) is 82.0 Å². The van der Waals surface area contributed by atoms with Crippen molar-refractivity contribution in [3.63, 3.8) is 0 Å². The Morgan fingerprint density at radius 1 is 1.02 bits per heavy atom. The zero-order valence-corrected chi connectivity index (χ0v) is 28.7. The highest BCUT2D eigenvalue weighted by atomic mass is 19.1. The molecule has 0 bridgehead atoms. The van der Waals surface area contributed by atoms with Gasteiger partial charge in [0.15, 0.2) is 17.4 Å². The molecule has 2 N–H and O–H groups in total. The molecule has 51 heavy (non-hydrogen) atoms. The zero-order chi connectivity index (χ0) is 35.6. The lowest BCUT2D eigenvalue weighted by atomic mass is 9.91. The molecule has 0 spiro atoms. The molecule has 1 unspecified atom stereocenters. The quantitative estimate of drug-likeness (QED) is 0.269. The number of piperazine rings is 1. The first-order valence-corrected chi connectivity index (χ1v) is 17.2. The van der Waals surface area contributed by atoms with Crippen LogP contribution in [0.2, 0.25) is 0 Å². The largest absolute Gasteiger partial charge is 0.493 e. The van der Waals surface area contributed by atoms with Gasteiger partial charge in [0.25, 0.3) is 5.91 Å². The number of aromatic nitrogens is 5. The van der Waals surface area contributed by atoms with Crippen LogP contribution in [-0.2, 0) is 11.3 Å². The van der Waals surface area contributed by atoms with E-state index in [9.17, 15) is 19.1 Å². The Morgan fingerprint density at radius 3 is 2.55 bits per heavy atom. The summed E-state index contributed by atoms with van der Waals surface area (Å²) in [5.41, 5.74) is 3.43. The highest BCUT2D eigenvalue weighted by Gasteiger charge is 2.29. The van der Waals surface area contributed by atoms with Crippen molar-refractivity contribution in [2.75, 3.05) is 64.4 Å². The van der Waals surface area contributed by atoms with Crippen LogP contribution >= 0.6 is 0 Å². The summed E-state index contributed by atoms with van der Waals surface area (Å²) in [6, 6.07) is 4.86. The number of rotatable bonds is 9. The van der Waals surface area contributed by atoms with Crippen molar-refractivity contribution in [2.45, 2.75) is 39.0 Å². The van der Waals surface area contributed by atoms with E-state index in [0.717, 1.165) is 17.3 Å². The van der Waals surface area contributed by atoms with Crippen LogP contribution < -0.4 is 9.64 Å². The second kappa shape index (κ2) is 14.6. The lowest BCUT2D eigenvalue weighted by Crippen LogP contribution is -2.49. The molecule has 1 atom stereocenters. The van der Waals surface area contributed by atoms with Crippen molar-refractivity contribution in [3.8, 4) is 5.75 Å². The van der Waals surface area contributed by atoms with E-state index in [1.54, 1.807) is 39.9 Å². The van der Waals surface area contributed by atoms with Gasteiger partial charge in [-0.3, -0.25) is 19.2 Å². The molecule has 0 aliphatic carbocycles. The summed E-state index contributed by atoms with van der Waals surface area (Å²) in [6.45, 7) is 5.77. The van der Waals surface area contributed by atoms with Gasteiger partial charge in [0.1, 0.15) is 17.7 Å². The molecule has 0 saturated carbocycles. The van der Waals surface area contributed by atoms with Gasteiger partial charge in [-0.05, 0) is 48.6 Å². The number of halogens is 2. The highest BCUT2D eigenvalue weighted by Crippen LogP contribution is 2.37. The van der Waals surface area contributed by atoms with Crippen LogP contribution in [0.15, 0.2) is 48.9 Å². The first-order chi connectivity index (χ1) is 24.7. The average molecular weight is 702 g/mol. The van der Waals surface area contributed by atoms with Gasteiger partial charge < -0.3 is 29.5 Å². The molecule has 3 aromatic heterocycles. The van der Waals surface area contributed by atoms with Gasteiger partial charge in [-0.2, -0.15) is 0 Å². The second-order valence-electron chi connectivity index (χ2n) is 13.1. The van der Waals surface area contributed by atoms with Crippen molar-refractivity contribution in [2.24, 2.45) is 0 Å². The summed E-state index contributed by atoms with van der Waals surface area (Å²) in [5, 5.41) is 18.5. The number of pyridine rings is 1. The van der Waals surface area contributed by atoms with Crippen molar-refractivity contribution in [1.82, 2.24) is 39.7 Å². The Bertz CT molecular complexity index is 1980. The van der Waals surface area contributed by atoms with Crippen LogP contribution in [0, 0.1) is 11.6 Å². The fraction of sp³-hybridized carbons (Fsp3) is 0.417. The fourth-order valence-corrected chi connectivity index (χ4v) is 7.11. The van der Waals surface area contributed by atoms with Gasteiger partial charge >= 0.3 is 0 Å². The minimum atomic E-state index is -0.594. The third-order valence-electron chi connectivity index (χ3n) is 9.96. The lowest BCUT2D eigenvalue weighted by Gasteiger charge is -2.35. The third kappa shape index (κ3) is 7.08. The number of anilines is 1. The molecule has 0 radical (unpaired) electrons. The summed E-state index contributed by atoms with van der Waals surface area (Å²) >= 11 is 0. The lowest BCUT2D eigenvalue weighted by molar-refractivity contribution is -0.131. The van der Waals surface area contributed by atoms with Crippen molar-refractivity contribution < 1.29 is 28.2 Å². The molecule has 4 aromatic rings. The molecular weight excluding hydrogens is 660 g/mol. The summed E-state index contributed by atoms with van der Waals surface area (Å²) in [4.78, 5) is 41.8. The predicted molar refractivity (Wildman–Crippen MR) is 187 cm³/mol. The molecular formula is C36H41F2N9O4. The molecule has 268 valence electrons. The van der Waals surface area contributed by atoms with E-state index >= 15 is 4.39 Å². The van der Waals surface area contributed by atoms with Gasteiger partial charge in [0.05, 0.1) is 31.6 Å². The summed E-state index contributed by atoms with van der Waals surface area (Å²) < 4.78 is 37.3. The van der Waals surface area contributed by atoms with Gasteiger partial charge in [-0.1, -0.05) is 17.4 Å². The minimum absolute atomic E-state index is 0.0486.